The Kier molecular flexibility index (Phi) is 4.06. The summed E-state index contributed by atoms with van der Waals surface area (Å²) in [7, 11) is 0. The fourth-order valence-electron chi connectivity index (χ4n) is 4.52. The first kappa shape index (κ1) is 18.3. The van der Waals surface area contributed by atoms with Crippen molar-refractivity contribution in [2.24, 2.45) is 5.73 Å². The number of carbonyl (C=O) groups excluding carboxylic acids is 3. The smallest absolute Gasteiger partial charge is 0.325 e. The van der Waals surface area contributed by atoms with Crippen LogP contribution in [-0.4, -0.2) is 33.3 Å². The average Bonchev–Trinajstić information content (AvgIpc) is 2.97. The van der Waals surface area contributed by atoms with Crippen LogP contribution < -0.4 is 11.1 Å². The number of imide groups is 1. The maximum atomic E-state index is 13.4. The van der Waals surface area contributed by atoms with E-state index in [1.165, 1.54) is 4.90 Å². The third-order valence-electron chi connectivity index (χ3n) is 6.09. The minimum Gasteiger partial charge on any atom is -0.366 e. The number of nitrogens with zero attached hydrogens (tertiary/aromatic N) is 2. The van der Waals surface area contributed by atoms with Crippen LogP contribution in [0, 0.1) is 0 Å². The predicted octanol–water partition coefficient (Wildman–Crippen LogP) is 2.31. The summed E-state index contributed by atoms with van der Waals surface area (Å²) in [6.07, 6.45) is 3.18. The van der Waals surface area contributed by atoms with E-state index in [9.17, 15) is 14.4 Å². The summed E-state index contributed by atoms with van der Waals surface area (Å²) in [4.78, 5) is 43.3. The zero-order valence-electron chi connectivity index (χ0n) is 16.2. The maximum Gasteiger partial charge on any atom is 0.325 e. The molecule has 150 valence electrons. The SMILES string of the molecule is NC(=O)c1ccc2c(c1)CCC1(C2)NC(=O)N(Cc2cccc3cccnc23)C1=O. The maximum absolute atomic E-state index is 13.4. The Morgan fingerprint density at radius 3 is 2.80 bits per heavy atom. The summed E-state index contributed by atoms with van der Waals surface area (Å²) in [6.45, 7) is 0.175. The third kappa shape index (κ3) is 2.82. The Labute approximate surface area is 172 Å². The van der Waals surface area contributed by atoms with Crippen LogP contribution in [0.25, 0.3) is 10.9 Å². The first-order valence-corrected chi connectivity index (χ1v) is 9.85. The zero-order chi connectivity index (χ0) is 20.9. The molecule has 3 aromatic rings. The number of fused-ring (bicyclic) bond motifs is 2. The van der Waals surface area contributed by atoms with Gasteiger partial charge in [0.1, 0.15) is 5.54 Å². The second kappa shape index (κ2) is 6.66. The molecular formula is C23H20N4O3. The van der Waals surface area contributed by atoms with Gasteiger partial charge < -0.3 is 11.1 Å². The molecule has 1 aliphatic heterocycles. The lowest BCUT2D eigenvalue weighted by Gasteiger charge is -2.32. The Morgan fingerprint density at radius 2 is 1.97 bits per heavy atom. The van der Waals surface area contributed by atoms with Crippen LogP contribution in [-0.2, 0) is 24.2 Å². The monoisotopic (exact) mass is 400 g/mol. The number of primary amides is 1. The van der Waals surface area contributed by atoms with Crippen molar-refractivity contribution in [2.45, 2.75) is 31.3 Å². The normalized spacial score (nSPS) is 20.5. The summed E-state index contributed by atoms with van der Waals surface area (Å²) >= 11 is 0. The molecule has 1 fully saturated rings. The van der Waals surface area contributed by atoms with Gasteiger partial charge in [0.25, 0.3) is 5.91 Å². The van der Waals surface area contributed by atoms with Crippen molar-refractivity contribution in [3.63, 3.8) is 0 Å². The standard InChI is InChI=1S/C23H20N4O3/c24-20(28)16-6-7-17-12-23(9-8-15(17)11-16)21(29)27(22(30)26-23)13-18-4-1-3-14-5-2-10-25-19(14)18/h1-7,10-11H,8-9,12-13H2,(H2,24,28)(H,26,30). The molecule has 0 saturated carbocycles. The second-order valence-electron chi connectivity index (χ2n) is 7.92. The van der Waals surface area contributed by atoms with Gasteiger partial charge in [-0.2, -0.15) is 0 Å². The van der Waals surface area contributed by atoms with Gasteiger partial charge in [-0.3, -0.25) is 19.5 Å². The third-order valence-corrected chi connectivity index (χ3v) is 6.09. The molecular weight excluding hydrogens is 380 g/mol. The van der Waals surface area contributed by atoms with Gasteiger partial charge in [0.2, 0.25) is 5.91 Å². The van der Waals surface area contributed by atoms with E-state index in [-0.39, 0.29) is 18.5 Å². The number of aromatic nitrogens is 1. The number of nitrogens with two attached hydrogens (primary N) is 1. The van der Waals surface area contributed by atoms with Gasteiger partial charge in [-0.05, 0) is 47.7 Å². The van der Waals surface area contributed by atoms with Crippen LogP contribution in [0.5, 0.6) is 0 Å². The number of hydrogen-bond acceptors (Lipinski definition) is 4. The summed E-state index contributed by atoms with van der Waals surface area (Å²) in [5.41, 5.74) is 8.44. The molecule has 1 aromatic heterocycles. The highest BCUT2D eigenvalue weighted by atomic mass is 16.2. The first-order valence-electron chi connectivity index (χ1n) is 9.85. The summed E-state index contributed by atoms with van der Waals surface area (Å²) in [6, 6.07) is 14.5. The number of nitrogens with one attached hydrogen (secondary N) is 1. The van der Waals surface area contributed by atoms with Crippen molar-refractivity contribution in [1.29, 1.82) is 0 Å². The summed E-state index contributed by atoms with van der Waals surface area (Å²) < 4.78 is 0. The number of pyridine rings is 1. The van der Waals surface area contributed by atoms with E-state index in [0.717, 1.165) is 27.6 Å². The molecule has 1 unspecified atom stereocenters. The van der Waals surface area contributed by atoms with Gasteiger partial charge in [-0.1, -0.05) is 30.3 Å². The molecule has 2 heterocycles. The fraction of sp³-hybridized carbons (Fsp3) is 0.217. The van der Waals surface area contributed by atoms with Crippen molar-refractivity contribution in [1.82, 2.24) is 15.2 Å². The molecule has 4 amide bonds. The molecule has 2 aromatic carbocycles. The van der Waals surface area contributed by atoms with Gasteiger partial charge in [-0.25, -0.2) is 4.79 Å². The number of benzene rings is 2. The molecule has 1 atom stereocenters. The van der Waals surface area contributed by atoms with E-state index >= 15 is 0 Å². The molecule has 1 spiro atoms. The van der Waals surface area contributed by atoms with Crippen LogP contribution in [0.15, 0.2) is 54.7 Å². The van der Waals surface area contributed by atoms with Crippen molar-refractivity contribution in [3.8, 4) is 0 Å². The van der Waals surface area contributed by atoms with Crippen LogP contribution in [0.2, 0.25) is 0 Å². The zero-order valence-corrected chi connectivity index (χ0v) is 16.2. The summed E-state index contributed by atoms with van der Waals surface area (Å²) in [5, 5.41) is 3.91. The number of para-hydroxylation sites is 1. The lowest BCUT2D eigenvalue weighted by atomic mass is 9.77. The van der Waals surface area contributed by atoms with Crippen LogP contribution >= 0.6 is 0 Å². The number of hydrogen-bond donors (Lipinski definition) is 2. The first-order chi connectivity index (χ1) is 14.5. The van der Waals surface area contributed by atoms with Crippen LogP contribution in [0.4, 0.5) is 4.79 Å². The molecule has 1 saturated heterocycles. The van der Waals surface area contributed by atoms with Gasteiger partial charge in [0.15, 0.2) is 0 Å². The molecule has 5 rings (SSSR count). The van der Waals surface area contributed by atoms with E-state index < -0.39 is 11.4 Å². The van der Waals surface area contributed by atoms with Gasteiger partial charge in [0, 0.05) is 23.6 Å². The Balaban J connectivity index is 1.44. The van der Waals surface area contributed by atoms with Crippen LogP contribution in [0.3, 0.4) is 0 Å². The number of rotatable bonds is 3. The van der Waals surface area contributed by atoms with Crippen molar-refractivity contribution >= 4 is 28.7 Å². The van der Waals surface area contributed by atoms with Crippen molar-refractivity contribution < 1.29 is 14.4 Å². The van der Waals surface area contributed by atoms with E-state index in [2.05, 4.69) is 10.3 Å². The lowest BCUT2D eigenvalue weighted by molar-refractivity contribution is -0.132. The van der Waals surface area contributed by atoms with Crippen molar-refractivity contribution in [3.05, 3.63) is 77.0 Å². The molecule has 0 radical (unpaired) electrons. The molecule has 30 heavy (non-hydrogen) atoms. The highest BCUT2D eigenvalue weighted by Crippen LogP contribution is 2.35. The fourth-order valence-corrected chi connectivity index (χ4v) is 4.52. The minimum absolute atomic E-state index is 0.175. The number of carbonyl (C=O) groups is 3. The molecule has 0 bridgehead atoms. The van der Waals surface area contributed by atoms with Gasteiger partial charge in [0.05, 0.1) is 12.1 Å². The van der Waals surface area contributed by atoms with E-state index in [1.807, 2.05) is 36.4 Å². The molecule has 3 N–H and O–H groups in total. The second-order valence-corrected chi connectivity index (χ2v) is 7.92. The number of aryl methyl sites for hydroxylation is 1. The number of amides is 4. The summed E-state index contributed by atoms with van der Waals surface area (Å²) in [5.74, 6) is -0.691. The van der Waals surface area contributed by atoms with Crippen LogP contribution in [0.1, 0.15) is 33.5 Å². The van der Waals surface area contributed by atoms with E-state index in [4.69, 9.17) is 5.73 Å². The Hall–Kier alpha value is -3.74. The Bertz CT molecular complexity index is 1220. The predicted molar refractivity (Wildman–Crippen MR) is 111 cm³/mol. The quantitative estimate of drug-likeness (QED) is 0.658. The van der Waals surface area contributed by atoms with E-state index in [1.54, 1.807) is 18.3 Å². The number of urea groups is 1. The van der Waals surface area contributed by atoms with E-state index in [0.29, 0.717) is 24.8 Å². The highest BCUT2D eigenvalue weighted by molar-refractivity contribution is 6.07. The molecule has 2 aliphatic rings. The Morgan fingerprint density at radius 1 is 1.13 bits per heavy atom. The van der Waals surface area contributed by atoms with Gasteiger partial charge in [-0.15, -0.1) is 0 Å². The lowest BCUT2D eigenvalue weighted by Crippen LogP contribution is -2.51. The highest BCUT2D eigenvalue weighted by Gasteiger charge is 2.52. The largest absolute Gasteiger partial charge is 0.366 e. The molecule has 7 nitrogen and oxygen atoms in total. The topological polar surface area (TPSA) is 105 Å². The molecule has 1 aliphatic carbocycles. The van der Waals surface area contributed by atoms with Gasteiger partial charge >= 0.3 is 6.03 Å². The minimum atomic E-state index is -0.948. The van der Waals surface area contributed by atoms with Crippen molar-refractivity contribution in [2.75, 3.05) is 0 Å². The average molecular weight is 400 g/mol. The molecule has 7 heteroatoms.